The standard InChI is InChI=1S/C18H21BrN2O3.ClH/c1-12(10-20)21-18(22)14-5-8-16(17(9-14)23-2)24-11-13-3-6-15(19)7-4-13;/h3-9,12H,10-11,20H2,1-2H3,(H,21,22);1H/t12-;/m0./s1. The maximum absolute atomic E-state index is 12.1. The van der Waals surface area contributed by atoms with Crippen molar-refractivity contribution in [2.24, 2.45) is 5.73 Å². The highest BCUT2D eigenvalue weighted by molar-refractivity contribution is 9.10. The molecule has 0 fully saturated rings. The third-order valence-corrected chi connectivity index (χ3v) is 3.99. The highest BCUT2D eigenvalue weighted by Crippen LogP contribution is 2.29. The number of methoxy groups -OCH3 is 1. The molecule has 0 spiro atoms. The van der Waals surface area contributed by atoms with Crippen LogP contribution in [0.2, 0.25) is 0 Å². The van der Waals surface area contributed by atoms with Crippen LogP contribution in [-0.2, 0) is 6.61 Å². The van der Waals surface area contributed by atoms with Crippen LogP contribution in [0.1, 0.15) is 22.8 Å². The topological polar surface area (TPSA) is 73.6 Å². The predicted octanol–water partition coefficient (Wildman–Crippen LogP) is 3.54. The van der Waals surface area contributed by atoms with Crippen molar-refractivity contribution < 1.29 is 14.3 Å². The van der Waals surface area contributed by atoms with E-state index < -0.39 is 0 Å². The van der Waals surface area contributed by atoms with Crippen molar-refractivity contribution in [2.45, 2.75) is 19.6 Å². The van der Waals surface area contributed by atoms with E-state index in [4.69, 9.17) is 15.2 Å². The number of halogens is 2. The van der Waals surface area contributed by atoms with Crippen LogP contribution in [0.3, 0.4) is 0 Å². The maximum atomic E-state index is 12.1. The van der Waals surface area contributed by atoms with Gasteiger partial charge in [-0.2, -0.15) is 0 Å². The minimum atomic E-state index is -0.189. The monoisotopic (exact) mass is 428 g/mol. The average molecular weight is 430 g/mol. The second kappa shape index (κ2) is 10.3. The van der Waals surface area contributed by atoms with E-state index in [1.165, 1.54) is 0 Å². The van der Waals surface area contributed by atoms with Gasteiger partial charge >= 0.3 is 0 Å². The molecule has 0 aliphatic rings. The summed E-state index contributed by atoms with van der Waals surface area (Å²) in [5.41, 5.74) is 7.06. The lowest BCUT2D eigenvalue weighted by molar-refractivity contribution is 0.0941. The van der Waals surface area contributed by atoms with Crippen LogP contribution < -0.4 is 20.5 Å². The number of amides is 1. The lowest BCUT2D eigenvalue weighted by Crippen LogP contribution is -2.37. The average Bonchev–Trinajstić information content (AvgIpc) is 2.60. The highest BCUT2D eigenvalue weighted by atomic mass is 79.9. The van der Waals surface area contributed by atoms with E-state index in [0.717, 1.165) is 10.0 Å². The second-order valence-electron chi connectivity index (χ2n) is 5.39. The number of ether oxygens (including phenoxy) is 2. The van der Waals surface area contributed by atoms with Crippen molar-refractivity contribution >= 4 is 34.2 Å². The zero-order valence-electron chi connectivity index (χ0n) is 14.1. The van der Waals surface area contributed by atoms with Gasteiger partial charge in [-0.1, -0.05) is 28.1 Å². The number of carbonyl (C=O) groups excluding carboxylic acids is 1. The predicted molar refractivity (Wildman–Crippen MR) is 105 cm³/mol. The number of hydrogen-bond acceptors (Lipinski definition) is 4. The number of rotatable bonds is 7. The molecule has 2 rings (SSSR count). The first-order valence-corrected chi connectivity index (χ1v) is 8.39. The van der Waals surface area contributed by atoms with E-state index in [1.807, 2.05) is 31.2 Å². The Labute approximate surface area is 162 Å². The largest absolute Gasteiger partial charge is 0.493 e. The molecule has 0 unspecified atom stereocenters. The van der Waals surface area contributed by atoms with Crippen LogP contribution in [0.15, 0.2) is 46.9 Å². The molecule has 25 heavy (non-hydrogen) atoms. The summed E-state index contributed by atoms with van der Waals surface area (Å²) in [6.07, 6.45) is 0. The van der Waals surface area contributed by atoms with E-state index in [2.05, 4.69) is 21.2 Å². The van der Waals surface area contributed by atoms with Gasteiger partial charge in [-0.25, -0.2) is 0 Å². The van der Waals surface area contributed by atoms with Gasteiger partial charge in [0.2, 0.25) is 0 Å². The van der Waals surface area contributed by atoms with Crippen LogP contribution in [0, 0.1) is 0 Å². The summed E-state index contributed by atoms with van der Waals surface area (Å²) < 4.78 is 12.2. The van der Waals surface area contributed by atoms with Crippen molar-refractivity contribution in [1.82, 2.24) is 5.32 Å². The Hall–Kier alpha value is -1.76. The minimum Gasteiger partial charge on any atom is -0.493 e. The Balaban J connectivity index is 0.00000312. The normalized spacial score (nSPS) is 11.2. The molecule has 7 heteroatoms. The molecule has 0 bridgehead atoms. The Morgan fingerprint density at radius 1 is 1.20 bits per heavy atom. The third kappa shape index (κ3) is 6.23. The van der Waals surface area contributed by atoms with Gasteiger partial charge in [-0.15, -0.1) is 12.4 Å². The second-order valence-corrected chi connectivity index (χ2v) is 6.31. The van der Waals surface area contributed by atoms with Gasteiger partial charge in [0, 0.05) is 22.6 Å². The summed E-state index contributed by atoms with van der Waals surface area (Å²) in [4.78, 5) is 12.1. The summed E-state index contributed by atoms with van der Waals surface area (Å²) in [5, 5.41) is 2.81. The first kappa shape index (κ1) is 21.3. The van der Waals surface area contributed by atoms with Crippen LogP contribution in [0.25, 0.3) is 0 Å². The van der Waals surface area contributed by atoms with Crippen molar-refractivity contribution in [3.63, 3.8) is 0 Å². The van der Waals surface area contributed by atoms with Gasteiger partial charge in [0.15, 0.2) is 11.5 Å². The number of hydrogen-bond donors (Lipinski definition) is 2. The molecule has 1 atom stereocenters. The molecule has 3 N–H and O–H groups in total. The van der Waals surface area contributed by atoms with Crippen molar-refractivity contribution in [1.29, 1.82) is 0 Å². The summed E-state index contributed by atoms with van der Waals surface area (Å²) in [7, 11) is 1.55. The molecule has 0 saturated heterocycles. The Kier molecular flexibility index (Phi) is 8.75. The van der Waals surface area contributed by atoms with E-state index in [0.29, 0.717) is 30.2 Å². The number of benzene rings is 2. The van der Waals surface area contributed by atoms with Gasteiger partial charge in [0.25, 0.3) is 5.91 Å². The summed E-state index contributed by atoms with van der Waals surface area (Å²) in [6.45, 7) is 2.65. The van der Waals surface area contributed by atoms with Gasteiger partial charge < -0.3 is 20.5 Å². The van der Waals surface area contributed by atoms with E-state index >= 15 is 0 Å². The number of nitrogens with one attached hydrogen (secondary N) is 1. The van der Waals surface area contributed by atoms with Crippen LogP contribution in [0.5, 0.6) is 11.5 Å². The highest BCUT2D eigenvalue weighted by Gasteiger charge is 2.13. The molecule has 5 nitrogen and oxygen atoms in total. The van der Waals surface area contributed by atoms with Gasteiger partial charge in [0.1, 0.15) is 6.61 Å². The first-order chi connectivity index (χ1) is 11.5. The van der Waals surface area contributed by atoms with Crippen molar-refractivity contribution in [3.05, 3.63) is 58.1 Å². The lowest BCUT2D eigenvalue weighted by atomic mass is 10.1. The molecule has 136 valence electrons. The molecule has 0 saturated carbocycles. The Bertz CT molecular complexity index is 695. The summed E-state index contributed by atoms with van der Waals surface area (Å²) >= 11 is 3.40. The quantitative estimate of drug-likeness (QED) is 0.706. The van der Waals surface area contributed by atoms with Gasteiger partial charge in [-0.3, -0.25) is 4.79 Å². The fourth-order valence-corrected chi connectivity index (χ4v) is 2.30. The molecule has 1 amide bonds. The first-order valence-electron chi connectivity index (χ1n) is 7.59. The maximum Gasteiger partial charge on any atom is 0.251 e. The molecule has 0 aromatic heterocycles. The van der Waals surface area contributed by atoms with Crippen LogP contribution >= 0.6 is 28.3 Å². The molecule has 0 aliphatic heterocycles. The van der Waals surface area contributed by atoms with Crippen LogP contribution in [-0.4, -0.2) is 25.6 Å². The van der Waals surface area contributed by atoms with E-state index in [9.17, 15) is 4.79 Å². The Morgan fingerprint density at radius 3 is 2.48 bits per heavy atom. The summed E-state index contributed by atoms with van der Waals surface area (Å²) in [5.74, 6) is 0.912. The molecular weight excluding hydrogens is 408 g/mol. The molecular formula is C18H22BrClN2O3. The van der Waals surface area contributed by atoms with Gasteiger partial charge in [0.05, 0.1) is 7.11 Å². The fraction of sp³-hybridized carbons (Fsp3) is 0.278. The number of nitrogens with two attached hydrogens (primary N) is 1. The van der Waals surface area contributed by atoms with Crippen molar-refractivity contribution in [3.8, 4) is 11.5 Å². The number of carbonyl (C=O) groups is 1. The van der Waals surface area contributed by atoms with E-state index in [1.54, 1.807) is 25.3 Å². The van der Waals surface area contributed by atoms with Gasteiger partial charge in [-0.05, 0) is 42.8 Å². The molecule has 0 aliphatic carbocycles. The SMILES string of the molecule is COc1cc(C(=O)N[C@@H](C)CN)ccc1OCc1ccc(Br)cc1.Cl. The molecule has 0 heterocycles. The van der Waals surface area contributed by atoms with Crippen molar-refractivity contribution in [2.75, 3.05) is 13.7 Å². The van der Waals surface area contributed by atoms with Crippen LogP contribution in [0.4, 0.5) is 0 Å². The van der Waals surface area contributed by atoms with E-state index in [-0.39, 0.29) is 24.4 Å². The zero-order chi connectivity index (χ0) is 17.5. The third-order valence-electron chi connectivity index (χ3n) is 3.46. The molecule has 2 aromatic carbocycles. The Morgan fingerprint density at radius 2 is 1.88 bits per heavy atom. The minimum absolute atomic E-state index is 0. The lowest BCUT2D eigenvalue weighted by Gasteiger charge is -2.14. The fourth-order valence-electron chi connectivity index (χ4n) is 2.04. The smallest absolute Gasteiger partial charge is 0.251 e. The zero-order valence-corrected chi connectivity index (χ0v) is 16.5. The summed E-state index contributed by atoms with van der Waals surface area (Å²) in [6, 6.07) is 12.9. The molecule has 0 radical (unpaired) electrons. The molecule has 2 aromatic rings.